The number of nitrogens with zero attached hydrogens (tertiary/aromatic N) is 1. The SMILES string of the molecule is CCC(CC)(CC(=O)O)NC(=O)COc1ccc(C#N)cc1. The number of hydrogen-bond donors (Lipinski definition) is 2. The molecule has 0 aliphatic carbocycles. The van der Waals surface area contributed by atoms with Gasteiger partial charge in [-0.05, 0) is 37.1 Å². The Morgan fingerprint density at radius 1 is 1.27 bits per heavy atom. The molecule has 0 radical (unpaired) electrons. The van der Waals surface area contributed by atoms with E-state index in [0.29, 0.717) is 24.2 Å². The summed E-state index contributed by atoms with van der Waals surface area (Å²) in [7, 11) is 0. The van der Waals surface area contributed by atoms with E-state index in [1.807, 2.05) is 19.9 Å². The number of carboxylic acids is 1. The van der Waals surface area contributed by atoms with E-state index in [9.17, 15) is 9.59 Å². The summed E-state index contributed by atoms with van der Waals surface area (Å²) in [5.74, 6) is -0.836. The van der Waals surface area contributed by atoms with Crippen LogP contribution in [0.5, 0.6) is 5.75 Å². The Balaban J connectivity index is 2.60. The summed E-state index contributed by atoms with van der Waals surface area (Å²) in [4.78, 5) is 22.9. The van der Waals surface area contributed by atoms with E-state index in [1.165, 1.54) is 0 Å². The number of aliphatic carboxylic acids is 1. The van der Waals surface area contributed by atoms with Crippen molar-refractivity contribution in [3.05, 3.63) is 29.8 Å². The van der Waals surface area contributed by atoms with Gasteiger partial charge >= 0.3 is 5.97 Å². The number of benzene rings is 1. The number of hydrogen-bond acceptors (Lipinski definition) is 4. The predicted molar refractivity (Wildman–Crippen MR) is 80.4 cm³/mol. The zero-order valence-corrected chi connectivity index (χ0v) is 12.8. The van der Waals surface area contributed by atoms with Gasteiger partial charge in [0.25, 0.3) is 5.91 Å². The Morgan fingerprint density at radius 2 is 1.86 bits per heavy atom. The average Bonchev–Trinajstić information content (AvgIpc) is 2.52. The number of nitriles is 1. The quantitative estimate of drug-likeness (QED) is 0.766. The topological polar surface area (TPSA) is 99.4 Å². The molecular formula is C16H20N2O4. The van der Waals surface area contributed by atoms with Crippen molar-refractivity contribution in [1.82, 2.24) is 5.32 Å². The van der Waals surface area contributed by atoms with Crippen LogP contribution >= 0.6 is 0 Å². The molecule has 1 amide bonds. The smallest absolute Gasteiger partial charge is 0.305 e. The number of carboxylic acid groups (broad SMARTS) is 1. The normalized spacial score (nSPS) is 10.6. The first kappa shape index (κ1) is 17.5. The highest BCUT2D eigenvalue weighted by molar-refractivity contribution is 5.79. The zero-order valence-electron chi connectivity index (χ0n) is 12.8. The van der Waals surface area contributed by atoms with Gasteiger partial charge in [-0.2, -0.15) is 5.26 Å². The second kappa shape index (κ2) is 8.03. The average molecular weight is 304 g/mol. The summed E-state index contributed by atoms with van der Waals surface area (Å²) in [6.45, 7) is 3.48. The second-order valence-electron chi connectivity index (χ2n) is 5.03. The van der Waals surface area contributed by atoms with Crippen LogP contribution in [0.15, 0.2) is 24.3 Å². The minimum Gasteiger partial charge on any atom is -0.484 e. The first-order valence-electron chi connectivity index (χ1n) is 7.10. The minimum absolute atomic E-state index is 0.122. The fourth-order valence-electron chi connectivity index (χ4n) is 2.12. The van der Waals surface area contributed by atoms with E-state index in [2.05, 4.69) is 5.32 Å². The molecule has 6 nitrogen and oxygen atoms in total. The van der Waals surface area contributed by atoms with Crippen molar-refractivity contribution >= 4 is 11.9 Å². The second-order valence-corrected chi connectivity index (χ2v) is 5.03. The van der Waals surface area contributed by atoms with Gasteiger partial charge in [0.1, 0.15) is 5.75 Å². The van der Waals surface area contributed by atoms with E-state index in [0.717, 1.165) is 0 Å². The van der Waals surface area contributed by atoms with Gasteiger partial charge < -0.3 is 15.2 Å². The lowest BCUT2D eigenvalue weighted by Crippen LogP contribution is -2.50. The van der Waals surface area contributed by atoms with Crippen LogP contribution in [-0.2, 0) is 9.59 Å². The zero-order chi connectivity index (χ0) is 16.6. The van der Waals surface area contributed by atoms with Gasteiger partial charge in [-0.1, -0.05) is 13.8 Å². The molecule has 1 rings (SSSR count). The van der Waals surface area contributed by atoms with Crippen molar-refractivity contribution in [2.75, 3.05) is 6.61 Å². The van der Waals surface area contributed by atoms with Crippen LogP contribution in [0.3, 0.4) is 0 Å². The monoisotopic (exact) mass is 304 g/mol. The van der Waals surface area contributed by atoms with E-state index in [1.54, 1.807) is 24.3 Å². The Morgan fingerprint density at radius 3 is 2.32 bits per heavy atom. The number of nitrogens with one attached hydrogen (secondary N) is 1. The van der Waals surface area contributed by atoms with Crippen LogP contribution < -0.4 is 10.1 Å². The molecule has 1 aromatic rings. The molecule has 0 bridgehead atoms. The van der Waals surface area contributed by atoms with Crippen molar-refractivity contribution in [2.24, 2.45) is 0 Å². The molecule has 0 aliphatic rings. The van der Waals surface area contributed by atoms with Gasteiger partial charge in [0, 0.05) is 0 Å². The van der Waals surface area contributed by atoms with Crippen molar-refractivity contribution in [2.45, 2.75) is 38.6 Å². The third-order valence-corrected chi connectivity index (χ3v) is 3.60. The van der Waals surface area contributed by atoms with Crippen LogP contribution in [0.2, 0.25) is 0 Å². The number of rotatable bonds is 8. The highest BCUT2D eigenvalue weighted by Gasteiger charge is 2.30. The van der Waals surface area contributed by atoms with Crippen LogP contribution in [0.25, 0.3) is 0 Å². The molecule has 0 heterocycles. The molecule has 0 spiro atoms. The van der Waals surface area contributed by atoms with Gasteiger partial charge in [0.05, 0.1) is 23.6 Å². The van der Waals surface area contributed by atoms with E-state index in [4.69, 9.17) is 15.1 Å². The predicted octanol–water partition coefficient (Wildman–Crippen LogP) is 2.09. The van der Waals surface area contributed by atoms with Gasteiger partial charge in [0.15, 0.2) is 6.61 Å². The fourth-order valence-corrected chi connectivity index (χ4v) is 2.12. The molecule has 0 fully saturated rings. The number of carbonyl (C=O) groups is 2. The lowest BCUT2D eigenvalue weighted by molar-refractivity contribution is -0.139. The molecular weight excluding hydrogens is 284 g/mol. The van der Waals surface area contributed by atoms with Gasteiger partial charge in [-0.25, -0.2) is 0 Å². The van der Waals surface area contributed by atoms with Crippen molar-refractivity contribution in [1.29, 1.82) is 5.26 Å². The fraction of sp³-hybridized carbons (Fsp3) is 0.438. The molecule has 6 heteroatoms. The highest BCUT2D eigenvalue weighted by atomic mass is 16.5. The van der Waals surface area contributed by atoms with E-state index in [-0.39, 0.29) is 18.9 Å². The molecule has 0 saturated heterocycles. The first-order chi connectivity index (χ1) is 10.4. The molecule has 0 saturated carbocycles. The Kier molecular flexibility index (Phi) is 6.39. The summed E-state index contributed by atoms with van der Waals surface area (Å²) in [5.41, 5.74) is -0.244. The van der Waals surface area contributed by atoms with Crippen LogP contribution in [0.4, 0.5) is 0 Å². The first-order valence-corrected chi connectivity index (χ1v) is 7.10. The molecule has 118 valence electrons. The maximum Gasteiger partial charge on any atom is 0.305 e. The van der Waals surface area contributed by atoms with Crippen LogP contribution in [0.1, 0.15) is 38.7 Å². The summed E-state index contributed by atoms with van der Waals surface area (Å²) in [5, 5.41) is 20.4. The molecule has 22 heavy (non-hydrogen) atoms. The Bertz CT molecular complexity index is 557. The third-order valence-electron chi connectivity index (χ3n) is 3.60. The van der Waals surface area contributed by atoms with Gasteiger partial charge in [-0.15, -0.1) is 0 Å². The van der Waals surface area contributed by atoms with Crippen molar-refractivity contribution in [3.63, 3.8) is 0 Å². The summed E-state index contributed by atoms with van der Waals surface area (Å²) in [6.07, 6.45) is 0.930. The van der Waals surface area contributed by atoms with E-state index >= 15 is 0 Å². The minimum atomic E-state index is -0.947. The molecule has 0 atom stereocenters. The molecule has 0 aliphatic heterocycles. The number of ether oxygens (including phenoxy) is 1. The maximum absolute atomic E-state index is 12.0. The molecule has 0 unspecified atom stereocenters. The van der Waals surface area contributed by atoms with Gasteiger partial charge in [-0.3, -0.25) is 9.59 Å². The Hall–Kier alpha value is -2.55. The summed E-state index contributed by atoms with van der Waals surface area (Å²) >= 11 is 0. The van der Waals surface area contributed by atoms with Crippen LogP contribution in [0, 0.1) is 11.3 Å². The molecule has 0 aromatic heterocycles. The Labute approximate surface area is 129 Å². The van der Waals surface area contributed by atoms with Crippen molar-refractivity contribution in [3.8, 4) is 11.8 Å². The molecule has 2 N–H and O–H groups in total. The third kappa shape index (κ3) is 5.09. The summed E-state index contributed by atoms with van der Waals surface area (Å²) < 4.78 is 5.34. The van der Waals surface area contributed by atoms with E-state index < -0.39 is 11.5 Å². The highest BCUT2D eigenvalue weighted by Crippen LogP contribution is 2.20. The van der Waals surface area contributed by atoms with Gasteiger partial charge in [0.2, 0.25) is 0 Å². The lowest BCUT2D eigenvalue weighted by atomic mass is 9.89. The van der Waals surface area contributed by atoms with Crippen molar-refractivity contribution < 1.29 is 19.4 Å². The standard InChI is InChI=1S/C16H20N2O4/c1-3-16(4-2,9-15(20)21)18-14(19)11-22-13-7-5-12(10-17)6-8-13/h5-8H,3-4,9,11H2,1-2H3,(H,18,19)(H,20,21). The summed E-state index contributed by atoms with van der Waals surface area (Å²) in [6, 6.07) is 8.40. The number of carbonyl (C=O) groups excluding carboxylic acids is 1. The van der Waals surface area contributed by atoms with Crippen LogP contribution in [-0.4, -0.2) is 29.1 Å². The lowest BCUT2D eigenvalue weighted by Gasteiger charge is -2.31. The molecule has 1 aromatic carbocycles. The maximum atomic E-state index is 12.0. The largest absolute Gasteiger partial charge is 0.484 e. The number of amides is 1.